The maximum Gasteiger partial charge on any atom is 0.323 e. The molecule has 0 saturated heterocycles. The molecule has 0 bridgehead atoms. The third-order valence-corrected chi connectivity index (χ3v) is 3.42. The lowest BCUT2D eigenvalue weighted by Gasteiger charge is -2.21. The van der Waals surface area contributed by atoms with E-state index in [2.05, 4.69) is 20.4 Å². The average molecular weight is 280 g/mol. The monoisotopic (exact) mass is 280 g/mol. The van der Waals surface area contributed by atoms with Gasteiger partial charge in [0.1, 0.15) is 0 Å². The Bertz CT molecular complexity index is 433. The minimum atomic E-state index is 0.0102. The van der Waals surface area contributed by atoms with Crippen molar-refractivity contribution in [2.24, 2.45) is 11.8 Å². The maximum absolute atomic E-state index is 5.53. The van der Waals surface area contributed by atoms with Crippen LogP contribution in [0.2, 0.25) is 0 Å². The van der Waals surface area contributed by atoms with Crippen molar-refractivity contribution in [2.75, 3.05) is 23.9 Å². The predicted molar refractivity (Wildman–Crippen MR) is 78.6 cm³/mol. The number of hydrogen-bond donors (Lipinski definition) is 2. The first-order valence-corrected chi connectivity index (χ1v) is 7.19. The van der Waals surface area contributed by atoms with E-state index in [0.29, 0.717) is 17.9 Å². The first kappa shape index (κ1) is 14.8. The van der Waals surface area contributed by atoms with E-state index in [9.17, 15) is 0 Å². The molecule has 1 saturated carbocycles. The highest BCUT2D eigenvalue weighted by Gasteiger charge is 2.19. The van der Waals surface area contributed by atoms with E-state index in [1.807, 2.05) is 25.8 Å². The van der Waals surface area contributed by atoms with Gasteiger partial charge in [-0.05, 0) is 32.6 Å². The highest BCUT2D eigenvalue weighted by Crippen LogP contribution is 2.26. The molecule has 1 heterocycles. The molecule has 112 valence electrons. The van der Waals surface area contributed by atoms with Gasteiger partial charge in [-0.3, -0.25) is 5.43 Å². The van der Waals surface area contributed by atoms with Gasteiger partial charge in [-0.2, -0.15) is 15.0 Å². The molecule has 1 aliphatic rings. The van der Waals surface area contributed by atoms with E-state index in [1.54, 1.807) is 0 Å². The summed E-state index contributed by atoms with van der Waals surface area (Å²) in [6.45, 7) is 4.82. The van der Waals surface area contributed by atoms with Gasteiger partial charge in [-0.1, -0.05) is 12.8 Å². The van der Waals surface area contributed by atoms with Crippen LogP contribution in [0.1, 0.15) is 39.5 Å². The van der Waals surface area contributed by atoms with Crippen molar-refractivity contribution in [2.45, 2.75) is 45.6 Å². The molecule has 1 aromatic rings. The first-order chi connectivity index (χ1) is 9.58. The van der Waals surface area contributed by atoms with E-state index < -0.39 is 0 Å². The number of hydrogen-bond acceptors (Lipinski definition) is 7. The summed E-state index contributed by atoms with van der Waals surface area (Å²) in [5, 5.41) is 0. The average Bonchev–Trinajstić information content (AvgIpc) is 2.90. The number of hydrazine groups is 1. The van der Waals surface area contributed by atoms with E-state index >= 15 is 0 Å². The second kappa shape index (κ2) is 6.69. The zero-order valence-electron chi connectivity index (χ0n) is 12.5. The van der Waals surface area contributed by atoms with Crippen LogP contribution >= 0.6 is 0 Å². The fourth-order valence-electron chi connectivity index (χ4n) is 2.51. The number of nitrogens with zero attached hydrogens (tertiary/aromatic N) is 4. The number of anilines is 2. The lowest BCUT2D eigenvalue weighted by atomic mass is 10.1. The Labute approximate surface area is 119 Å². The topological polar surface area (TPSA) is 89.2 Å². The molecule has 0 aliphatic heterocycles. The summed E-state index contributed by atoms with van der Waals surface area (Å²) >= 11 is 0. The van der Waals surface area contributed by atoms with Crippen LogP contribution < -0.4 is 20.9 Å². The van der Waals surface area contributed by atoms with Crippen molar-refractivity contribution in [1.82, 2.24) is 15.0 Å². The number of aromatic nitrogens is 3. The summed E-state index contributed by atoms with van der Waals surface area (Å²) in [4.78, 5) is 14.8. The number of rotatable bonds is 6. The molecule has 0 unspecified atom stereocenters. The van der Waals surface area contributed by atoms with E-state index in [4.69, 9.17) is 10.6 Å². The Hall–Kier alpha value is -1.63. The summed E-state index contributed by atoms with van der Waals surface area (Å²) in [5.41, 5.74) is 2.46. The van der Waals surface area contributed by atoms with Crippen molar-refractivity contribution in [3.05, 3.63) is 0 Å². The molecular weight excluding hydrogens is 256 g/mol. The molecule has 2 rings (SSSR count). The largest absolute Gasteiger partial charge is 0.461 e. The Morgan fingerprint density at radius 1 is 1.30 bits per heavy atom. The van der Waals surface area contributed by atoms with Gasteiger partial charge in [-0.15, -0.1) is 0 Å². The van der Waals surface area contributed by atoms with Crippen LogP contribution in [-0.4, -0.2) is 34.6 Å². The molecule has 7 nitrogen and oxygen atoms in total. The standard InChI is InChI=1S/C13H24N6O/c1-9(2)20-13-16-11(18-14)15-12(17-13)19(3)8-10-6-4-5-7-10/h9-10H,4-8,14H2,1-3H3,(H,15,16,17,18). The van der Waals surface area contributed by atoms with Crippen molar-refractivity contribution in [3.63, 3.8) is 0 Å². The molecule has 0 aromatic carbocycles. The van der Waals surface area contributed by atoms with Crippen molar-refractivity contribution >= 4 is 11.9 Å². The molecule has 0 radical (unpaired) electrons. The Kier molecular flexibility index (Phi) is 4.94. The zero-order valence-corrected chi connectivity index (χ0v) is 12.5. The highest BCUT2D eigenvalue weighted by atomic mass is 16.5. The number of nitrogens with two attached hydrogens (primary N) is 1. The van der Waals surface area contributed by atoms with Gasteiger partial charge < -0.3 is 9.64 Å². The summed E-state index contributed by atoms with van der Waals surface area (Å²) < 4.78 is 5.53. The van der Waals surface area contributed by atoms with Gasteiger partial charge in [0.25, 0.3) is 0 Å². The normalized spacial score (nSPS) is 15.7. The van der Waals surface area contributed by atoms with Gasteiger partial charge in [0.2, 0.25) is 11.9 Å². The van der Waals surface area contributed by atoms with Crippen LogP contribution in [0, 0.1) is 5.92 Å². The minimum Gasteiger partial charge on any atom is -0.461 e. The maximum atomic E-state index is 5.53. The Morgan fingerprint density at radius 3 is 2.60 bits per heavy atom. The molecule has 0 amide bonds. The molecular formula is C13H24N6O. The van der Waals surface area contributed by atoms with Crippen LogP contribution in [0.4, 0.5) is 11.9 Å². The quantitative estimate of drug-likeness (QED) is 0.604. The summed E-state index contributed by atoms with van der Waals surface area (Å²) in [7, 11) is 1.99. The highest BCUT2D eigenvalue weighted by molar-refractivity contribution is 5.37. The molecule has 7 heteroatoms. The first-order valence-electron chi connectivity index (χ1n) is 7.19. The summed E-state index contributed by atoms with van der Waals surface area (Å²) in [6.07, 6.45) is 5.23. The zero-order chi connectivity index (χ0) is 14.5. The second-order valence-electron chi connectivity index (χ2n) is 5.58. The minimum absolute atomic E-state index is 0.0102. The van der Waals surface area contributed by atoms with Gasteiger partial charge in [0.15, 0.2) is 0 Å². The van der Waals surface area contributed by atoms with Crippen LogP contribution in [0.3, 0.4) is 0 Å². The summed E-state index contributed by atoms with van der Waals surface area (Å²) in [5.74, 6) is 7.04. The molecule has 1 aromatic heterocycles. The SMILES string of the molecule is CC(C)Oc1nc(NN)nc(N(C)CC2CCCC2)n1. The molecule has 1 aliphatic carbocycles. The molecule has 20 heavy (non-hydrogen) atoms. The van der Waals surface area contributed by atoms with Crippen molar-refractivity contribution in [3.8, 4) is 6.01 Å². The third kappa shape index (κ3) is 3.93. The van der Waals surface area contributed by atoms with Gasteiger partial charge in [0.05, 0.1) is 6.10 Å². The van der Waals surface area contributed by atoms with E-state index in [1.165, 1.54) is 25.7 Å². The second-order valence-corrected chi connectivity index (χ2v) is 5.58. The van der Waals surface area contributed by atoms with Crippen LogP contribution in [-0.2, 0) is 0 Å². The van der Waals surface area contributed by atoms with Crippen LogP contribution in [0.5, 0.6) is 6.01 Å². The van der Waals surface area contributed by atoms with Crippen LogP contribution in [0.15, 0.2) is 0 Å². The molecule has 3 N–H and O–H groups in total. The van der Waals surface area contributed by atoms with E-state index in [-0.39, 0.29) is 6.10 Å². The fraction of sp³-hybridized carbons (Fsp3) is 0.769. The summed E-state index contributed by atoms with van der Waals surface area (Å²) in [6, 6.07) is 0.302. The predicted octanol–water partition coefficient (Wildman–Crippen LogP) is 1.57. The number of ether oxygens (including phenoxy) is 1. The molecule has 1 fully saturated rings. The Balaban J connectivity index is 2.11. The van der Waals surface area contributed by atoms with Gasteiger partial charge >= 0.3 is 6.01 Å². The lowest BCUT2D eigenvalue weighted by molar-refractivity contribution is 0.222. The van der Waals surface area contributed by atoms with Crippen LogP contribution in [0.25, 0.3) is 0 Å². The van der Waals surface area contributed by atoms with E-state index in [0.717, 1.165) is 12.5 Å². The van der Waals surface area contributed by atoms with Gasteiger partial charge in [-0.25, -0.2) is 5.84 Å². The van der Waals surface area contributed by atoms with Crippen molar-refractivity contribution in [1.29, 1.82) is 0 Å². The Morgan fingerprint density at radius 2 is 2.00 bits per heavy atom. The number of nitrogen functional groups attached to an aromatic ring is 1. The molecule has 0 spiro atoms. The van der Waals surface area contributed by atoms with Crippen molar-refractivity contribution < 1.29 is 4.74 Å². The molecule has 0 atom stereocenters. The smallest absolute Gasteiger partial charge is 0.323 e. The fourth-order valence-corrected chi connectivity index (χ4v) is 2.51. The van der Waals surface area contributed by atoms with Gasteiger partial charge in [0, 0.05) is 13.6 Å². The third-order valence-electron chi connectivity index (χ3n) is 3.42. The number of nitrogens with one attached hydrogen (secondary N) is 1. The lowest BCUT2D eigenvalue weighted by Crippen LogP contribution is -2.27.